The maximum Gasteiger partial charge on any atom is 0.258 e. The Kier molecular flexibility index (Phi) is 5.60. The van der Waals surface area contributed by atoms with Crippen LogP contribution in [0.2, 0.25) is 0 Å². The van der Waals surface area contributed by atoms with Crippen molar-refractivity contribution in [3.8, 4) is 11.1 Å². The van der Waals surface area contributed by atoms with Crippen molar-refractivity contribution in [2.24, 2.45) is 11.8 Å². The van der Waals surface area contributed by atoms with E-state index in [1.54, 1.807) is 25.2 Å². The van der Waals surface area contributed by atoms with Crippen molar-refractivity contribution in [1.82, 2.24) is 19.4 Å². The van der Waals surface area contributed by atoms with Gasteiger partial charge in [0.05, 0.1) is 17.7 Å². The van der Waals surface area contributed by atoms with Gasteiger partial charge in [0.15, 0.2) is 0 Å². The molecule has 2 aliphatic rings. The van der Waals surface area contributed by atoms with Crippen molar-refractivity contribution in [2.45, 2.75) is 25.2 Å². The molecule has 3 aromatic rings. The molecule has 170 valence electrons. The van der Waals surface area contributed by atoms with E-state index in [1.165, 1.54) is 0 Å². The number of pyridine rings is 2. The fraction of sp³-hybridized carbons (Fsp3) is 0.346. The third-order valence-electron chi connectivity index (χ3n) is 7.05. The van der Waals surface area contributed by atoms with E-state index in [4.69, 9.17) is 0 Å². The van der Waals surface area contributed by atoms with Crippen molar-refractivity contribution in [3.63, 3.8) is 0 Å². The number of amides is 1. The van der Waals surface area contributed by atoms with Crippen LogP contribution in [0, 0.1) is 11.8 Å². The first-order valence-electron chi connectivity index (χ1n) is 11.3. The largest absolute Gasteiger partial charge is 0.396 e. The van der Waals surface area contributed by atoms with Crippen LogP contribution in [0.5, 0.6) is 0 Å². The minimum atomic E-state index is -0.436. The number of hydrogen-bond donors (Lipinski definition) is 1. The van der Waals surface area contributed by atoms with E-state index in [9.17, 15) is 14.7 Å². The lowest BCUT2D eigenvalue weighted by Crippen LogP contribution is -2.46. The summed E-state index contributed by atoms with van der Waals surface area (Å²) in [6.45, 7) is 0.873. The molecule has 7 heteroatoms. The fourth-order valence-electron chi connectivity index (χ4n) is 5.54. The quantitative estimate of drug-likeness (QED) is 0.653. The van der Waals surface area contributed by atoms with Crippen molar-refractivity contribution in [2.75, 3.05) is 20.7 Å². The van der Waals surface area contributed by atoms with Crippen LogP contribution in [0.3, 0.4) is 0 Å². The Labute approximate surface area is 192 Å². The molecule has 4 atom stereocenters. The SMILES string of the molecule is CN(C)C(=O)[C@@H]1[C@@H](CO)[C@@H]2Cn3c(ccc(-c4ccccc4)c3=O)[C@H]1N2Cc1ccccn1. The molecule has 0 unspecified atom stereocenters. The summed E-state index contributed by atoms with van der Waals surface area (Å²) in [6, 6.07) is 18.8. The lowest BCUT2D eigenvalue weighted by Gasteiger charge is -2.38. The van der Waals surface area contributed by atoms with E-state index in [0.29, 0.717) is 18.7 Å². The summed E-state index contributed by atoms with van der Waals surface area (Å²) in [4.78, 5) is 35.2. The molecule has 0 aliphatic carbocycles. The van der Waals surface area contributed by atoms with Crippen molar-refractivity contribution < 1.29 is 9.90 Å². The Morgan fingerprint density at radius 2 is 1.85 bits per heavy atom. The topological polar surface area (TPSA) is 78.7 Å². The standard InChI is InChI=1S/C26H28N4O3/c1-28(2)26(33)23-20(16-31)22-15-30-21(24(23)29(22)14-18-10-6-7-13-27-18)12-11-19(25(30)32)17-8-4-3-5-9-17/h3-13,20,22-24,31H,14-16H2,1-2H3/t20-,22-,23+,24+/m0/s1. The maximum atomic E-state index is 13.6. The molecule has 0 radical (unpaired) electrons. The van der Waals surface area contributed by atoms with E-state index in [1.807, 2.05) is 65.2 Å². The molecule has 1 aromatic carbocycles. The number of fused-ring (bicyclic) bond motifs is 4. The second-order valence-electron chi connectivity index (χ2n) is 9.06. The van der Waals surface area contributed by atoms with E-state index in [0.717, 1.165) is 17.0 Å². The van der Waals surface area contributed by atoms with Gasteiger partial charge in [-0.1, -0.05) is 36.4 Å². The van der Waals surface area contributed by atoms with Crippen LogP contribution in [0.4, 0.5) is 0 Å². The fourth-order valence-corrected chi connectivity index (χ4v) is 5.54. The number of aromatic nitrogens is 2. The lowest BCUT2D eigenvalue weighted by molar-refractivity contribution is -0.135. The normalized spacial score (nSPS) is 23.8. The molecule has 4 heterocycles. The monoisotopic (exact) mass is 444 g/mol. The van der Waals surface area contributed by atoms with E-state index < -0.39 is 5.92 Å². The molecule has 1 fully saturated rings. The van der Waals surface area contributed by atoms with Gasteiger partial charge in [-0.3, -0.25) is 19.5 Å². The zero-order chi connectivity index (χ0) is 23.1. The van der Waals surface area contributed by atoms with Gasteiger partial charge < -0.3 is 14.6 Å². The Morgan fingerprint density at radius 1 is 1.09 bits per heavy atom. The molecule has 1 N–H and O–H groups in total. The molecule has 7 nitrogen and oxygen atoms in total. The molecule has 0 saturated carbocycles. The molecule has 33 heavy (non-hydrogen) atoms. The van der Waals surface area contributed by atoms with Gasteiger partial charge in [0.25, 0.3) is 5.56 Å². The zero-order valence-corrected chi connectivity index (χ0v) is 18.8. The van der Waals surface area contributed by atoms with Crippen LogP contribution in [0.25, 0.3) is 11.1 Å². The number of hydrogen-bond acceptors (Lipinski definition) is 5. The summed E-state index contributed by atoms with van der Waals surface area (Å²) in [5.41, 5.74) is 3.19. The zero-order valence-electron chi connectivity index (χ0n) is 18.8. The minimum absolute atomic E-state index is 0.0272. The van der Waals surface area contributed by atoms with Gasteiger partial charge >= 0.3 is 0 Å². The number of carbonyl (C=O) groups is 1. The summed E-state index contributed by atoms with van der Waals surface area (Å²) < 4.78 is 1.82. The van der Waals surface area contributed by atoms with Gasteiger partial charge in [-0.15, -0.1) is 0 Å². The molecular weight excluding hydrogens is 416 g/mol. The first-order valence-corrected chi connectivity index (χ1v) is 11.3. The third-order valence-corrected chi connectivity index (χ3v) is 7.05. The van der Waals surface area contributed by atoms with Crippen LogP contribution in [0.15, 0.2) is 71.7 Å². The molecule has 2 bridgehead atoms. The summed E-state index contributed by atoms with van der Waals surface area (Å²) in [5, 5.41) is 10.4. The predicted molar refractivity (Wildman–Crippen MR) is 125 cm³/mol. The van der Waals surface area contributed by atoms with Gasteiger partial charge in [0.1, 0.15) is 0 Å². The van der Waals surface area contributed by atoms with E-state index in [2.05, 4.69) is 9.88 Å². The number of carbonyl (C=O) groups excluding carboxylic acids is 1. The summed E-state index contributed by atoms with van der Waals surface area (Å²) in [7, 11) is 3.49. The van der Waals surface area contributed by atoms with Crippen LogP contribution >= 0.6 is 0 Å². The van der Waals surface area contributed by atoms with Gasteiger partial charge in [-0.2, -0.15) is 0 Å². The third kappa shape index (κ3) is 3.57. The van der Waals surface area contributed by atoms with Crippen molar-refractivity contribution >= 4 is 5.91 Å². The van der Waals surface area contributed by atoms with Gasteiger partial charge in [-0.05, 0) is 29.8 Å². The smallest absolute Gasteiger partial charge is 0.258 e. The van der Waals surface area contributed by atoms with Gasteiger partial charge in [0, 0.05) is 63.2 Å². The average molecular weight is 445 g/mol. The number of rotatable bonds is 5. The van der Waals surface area contributed by atoms with Crippen molar-refractivity contribution in [1.29, 1.82) is 0 Å². The average Bonchev–Trinajstić information content (AvgIpc) is 3.04. The number of benzene rings is 1. The molecule has 1 saturated heterocycles. The number of aliphatic hydroxyl groups excluding tert-OH is 1. The first kappa shape index (κ1) is 21.6. The molecule has 1 amide bonds. The number of nitrogens with zero attached hydrogens (tertiary/aromatic N) is 4. The molecular formula is C26H28N4O3. The van der Waals surface area contributed by atoms with Crippen LogP contribution in [0.1, 0.15) is 17.4 Å². The second kappa shape index (κ2) is 8.57. The Morgan fingerprint density at radius 3 is 2.52 bits per heavy atom. The van der Waals surface area contributed by atoms with Crippen molar-refractivity contribution in [3.05, 3.63) is 88.6 Å². The maximum absolute atomic E-state index is 13.6. The van der Waals surface area contributed by atoms with Gasteiger partial charge in [0.2, 0.25) is 5.91 Å². The highest BCUT2D eigenvalue weighted by Gasteiger charge is 2.56. The van der Waals surface area contributed by atoms with E-state index >= 15 is 0 Å². The highest BCUT2D eigenvalue weighted by molar-refractivity contribution is 5.80. The predicted octanol–water partition coefficient (Wildman–Crippen LogP) is 2.16. The highest BCUT2D eigenvalue weighted by atomic mass is 16.3. The van der Waals surface area contributed by atoms with Gasteiger partial charge in [-0.25, -0.2) is 0 Å². The second-order valence-corrected chi connectivity index (χ2v) is 9.06. The molecule has 2 aliphatic heterocycles. The van der Waals surface area contributed by atoms with Crippen LogP contribution < -0.4 is 5.56 Å². The Bertz CT molecular complexity index is 1210. The Balaban J connectivity index is 1.64. The van der Waals surface area contributed by atoms with Crippen LogP contribution in [-0.2, 0) is 17.9 Å². The minimum Gasteiger partial charge on any atom is -0.396 e. The highest BCUT2D eigenvalue weighted by Crippen LogP contribution is 2.49. The molecule has 5 rings (SSSR count). The number of aliphatic hydroxyl groups is 1. The first-order chi connectivity index (χ1) is 16.0. The lowest BCUT2D eigenvalue weighted by atomic mass is 9.86. The summed E-state index contributed by atoms with van der Waals surface area (Å²) >= 11 is 0. The molecule has 2 aromatic heterocycles. The van der Waals surface area contributed by atoms with Crippen LogP contribution in [-0.4, -0.2) is 57.1 Å². The van der Waals surface area contributed by atoms with E-state index in [-0.39, 0.29) is 36.1 Å². The Hall–Kier alpha value is -3.29. The summed E-state index contributed by atoms with van der Waals surface area (Å²) in [6.07, 6.45) is 1.76. The summed E-state index contributed by atoms with van der Waals surface area (Å²) in [5.74, 6) is -0.733. The molecule has 0 spiro atoms.